The van der Waals surface area contributed by atoms with Crippen molar-refractivity contribution in [2.24, 2.45) is 0 Å². The van der Waals surface area contributed by atoms with Crippen LogP contribution in [-0.4, -0.2) is 19.2 Å². The molecule has 2 aromatic carbocycles. The maximum Gasteiger partial charge on any atom is 0.347 e. The van der Waals surface area contributed by atoms with Crippen LogP contribution < -0.4 is 15.1 Å². The van der Waals surface area contributed by atoms with Crippen LogP contribution in [-0.2, 0) is 0 Å². The van der Waals surface area contributed by atoms with Crippen molar-refractivity contribution < 1.29 is 13.9 Å². The van der Waals surface area contributed by atoms with E-state index < -0.39 is 5.63 Å². The molecule has 1 aromatic heterocycles. The molecule has 0 spiro atoms. The van der Waals surface area contributed by atoms with Crippen LogP contribution in [0.2, 0.25) is 10.0 Å². The van der Waals surface area contributed by atoms with E-state index in [4.69, 9.17) is 37.1 Å². The summed E-state index contributed by atoms with van der Waals surface area (Å²) in [6, 6.07) is 8.10. The largest absolute Gasteiger partial charge is 0.493 e. The number of halogens is 2. The molecule has 0 fully saturated rings. The highest BCUT2D eigenvalue weighted by Gasteiger charge is 2.17. The number of fused-ring (bicyclic) bond motifs is 1. The molecule has 0 N–H and O–H groups in total. The topological polar surface area (TPSA) is 61.6 Å². The lowest BCUT2D eigenvalue weighted by molar-refractivity contribution is 0.355. The van der Waals surface area contributed by atoms with Crippen LogP contribution in [0.1, 0.15) is 0 Å². The zero-order valence-electron chi connectivity index (χ0n) is 12.2. The number of aromatic nitrogens is 1. The molecule has 0 aliphatic heterocycles. The summed E-state index contributed by atoms with van der Waals surface area (Å²) in [6.45, 7) is 0. The average molecular weight is 352 g/mol. The summed E-state index contributed by atoms with van der Waals surface area (Å²) in [5.41, 5.74) is 0.191. The maximum atomic E-state index is 12.3. The van der Waals surface area contributed by atoms with Gasteiger partial charge in [-0.3, -0.25) is 0 Å². The summed E-state index contributed by atoms with van der Waals surface area (Å²) >= 11 is 12.3. The van der Waals surface area contributed by atoms with Gasteiger partial charge in [-0.05, 0) is 12.1 Å². The number of hydrogen-bond donors (Lipinski definition) is 0. The van der Waals surface area contributed by atoms with Crippen molar-refractivity contribution in [1.82, 2.24) is 4.98 Å². The first kappa shape index (κ1) is 15.6. The van der Waals surface area contributed by atoms with E-state index in [2.05, 4.69) is 4.98 Å². The molecule has 7 heteroatoms. The zero-order valence-corrected chi connectivity index (χ0v) is 13.7. The van der Waals surface area contributed by atoms with Crippen LogP contribution in [0.4, 0.5) is 0 Å². The summed E-state index contributed by atoms with van der Waals surface area (Å²) in [4.78, 5) is 16.6. The van der Waals surface area contributed by atoms with Crippen LogP contribution in [0.15, 0.2) is 39.5 Å². The standard InChI is InChI=1S/C16H11Cl2NO4/c1-21-12-6-8-11(7-13(12)22-2)19-15(23-16(8)20)14-9(17)4-3-5-10(14)18/h3-7H,1-2H3. The molecular formula is C16H11Cl2NO4. The fraction of sp³-hybridized carbons (Fsp3) is 0.125. The fourth-order valence-electron chi connectivity index (χ4n) is 2.21. The van der Waals surface area contributed by atoms with Crippen molar-refractivity contribution in [3.05, 3.63) is 50.8 Å². The highest BCUT2D eigenvalue weighted by Crippen LogP contribution is 2.35. The first-order chi connectivity index (χ1) is 11.0. The monoisotopic (exact) mass is 351 g/mol. The first-order valence-electron chi connectivity index (χ1n) is 6.56. The minimum atomic E-state index is -0.568. The lowest BCUT2D eigenvalue weighted by Crippen LogP contribution is -2.04. The Hall–Kier alpha value is -2.24. The van der Waals surface area contributed by atoms with Gasteiger partial charge in [-0.2, -0.15) is 0 Å². The van der Waals surface area contributed by atoms with E-state index in [1.807, 2.05) is 0 Å². The van der Waals surface area contributed by atoms with Gasteiger partial charge in [-0.1, -0.05) is 29.3 Å². The van der Waals surface area contributed by atoms with E-state index in [1.54, 1.807) is 24.3 Å². The van der Waals surface area contributed by atoms with E-state index in [0.29, 0.717) is 32.6 Å². The van der Waals surface area contributed by atoms with Crippen LogP contribution >= 0.6 is 23.2 Å². The molecule has 0 aliphatic carbocycles. The lowest BCUT2D eigenvalue weighted by Gasteiger charge is -2.09. The molecule has 0 saturated carbocycles. The highest BCUT2D eigenvalue weighted by atomic mass is 35.5. The number of benzene rings is 2. The van der Waals surface area contributed by atoms with E-state index >= 15 is 0 Å². The van der Waals surface area contributed by atoms with Crippen molar-refractivity contribution >= 4 is 34.1 Å². The summed E-state index contributed by atoms with van der Waals surface area (Å²) in [5.74, 6) is 0.914. The Morgan fingerprint density at radius 1 is 1.04 bits per heavy atom. The van der Waals surface area contributed by atoms with Crippen LogP contribution in [0.3, 0.4) is 0 Å². The second-order valence-corrected chi connectivity index (χ2v) is 5.44. The Bertz CT molecular complexity index is 932. The van der Waals surface area contributed by atoms with Gasteiger partial charge in [0.25, 0.3) is 0 Å². The van der Waals surface area contributed by atoms with Gasteiger partial charge in [-0.25, -0.2) is 9.78 Å². The van der Waals surface area contributed by atoms with Gasteiger partial charge in [0.1, 0.15) is 0 Å². The van der Waals surface area contributed by atoms with E-state index in [9.17, 15) is 4.79 Å². The molecule has 0 bridgehead atoms. The van der Waals surface area contributed by atoms with Crippen molar-refractivity contribution in [2.45, 2.75) is 0 Å². The van der Waals surface area contributed by atoms with Gasteiger partial charge in [-0.15, -0.1) is 0 Å². The molecule has 0 saturated heterocycles. The van der Waals surface area contributed by atoms with Crippen LogP contribution in [0.5, 0.6) is 11.5 Å². The van der Waals surface area contributed by atoms with Crippen molar-refractivity contribution in [3.63, 3.8) is 0 Å². The average Bonchev–Trinajstić information content (AvgIpc) is 2.53. The molecule has 3 rings (SSSR count). The molecule has 0 atom stereocenters. The van der Waals surface area contributed by atoms with E-state index in [-0.39, 0.29) is 11.3 Å². The van der Waals surface area contributed by atoms with E-state index in [1.165, 1.54) is 20.3 Å². The van der Waals surface area contributed by atoms with Crippen molar-refractivity contribution in [3.8, 4) is 23.0 Å². The Morgan fingerprint density at radius 3 is 2.26 bits per heavy atom. The van der Waals surface area contributed by atoms with Gasteiger partial charge in [0.2, 0.25) is 5.89 Å². The molecule has 0 unspecified atom stereocenters. The number of hydrogen-bond acceptors (Lipinski definition) is 5. The second kappa shape index (κ2) is 6.10. The van der Waals surface area contributed by atoms with Crippen LogP contribution in [0, 0.1) is 0 Å². The third-order valence-electron chi connectivity index (χ3n) is 3.31. The SMILES string of the molecule is COc1cc2nc(-c3c(Cl)cccc3Cl)oc(=O)c2cc1OC. The second-order valence-electron chi connectivity index (χ2n) is 4.63. The third-order valence-corrected chi connectivity index (χ3v) is 3.94. The van der Waals surface area contributed by atoms with E-state index in [0.717, 1.165) is 0 Å². The molecule has 3 aromatic rings. The predicted molar refractivity (Wildman–Crippen MR) is 88.8 cm³/mol. The Kier molecular flexibility index (Phi) is 4.15. The summed E-state index contributed by atoms with van der Waals surface area (Å²) in [6.07, 6.45) is 0. The Morgan fingerprint density at radius 2 is 1.65 bits per heavy atom. The molecule has 0 radical (unpaired) electrons. The minimum Gasteiger partial charge on any atom is -0.493 e. The van der Waals surface area contributed by atoms with Gasteiger partial charge >= 0.3 is 5.63 Å². The summed E-state index contributed by atoms with van der Waals surface area (Å²) in [7, 11) is 2.98. The molecule has 0 amide bonds. The molecule has 118 valence electrons. The molecule has 1 heterocycles. The quantitative estimate of drug-likeness (QED) is 0.708. The Labute approximate surface area is 141 Å². The summed E-state index contributed by atoms with van der Waals surface area (Å²) < 4.78 is 15.7. The number of rotatable bonds is 3. The highest BCUT2D eigenvalue weighted by molar-refractivity contribution is 6.38. The van der Waals surface area contributed by atoms with Gasteiger partial charge < -0.3 is 13.9 Å². The zero-order chi connectivity index (χ0) is 16.6. The van der Waals surface area contributed by atoms with Crippen molar-refractivity contribution in [2.75, 3.05) is 14.2 Å². The number of ether oxygens (including phenoxy) is 2. The normalized spacial score (nSPS) is 10.8. The lowest BCUT2D eigenvalue weighted by atomic mass is 10.2. The molecule has 23 heavy (non-hydrogen) atoms. The van der Waals surface area contributed by atoms with Crippen molar-refractivity contribution in [1.29, 1.82) is 0 Å². The van der Waals surface area contributed by atoms with Gasteiger partial charge in [0.05, 0.1) is 40.7 Å². The predicted octanol–water partition coefficient (Wildman–Crippen LogP) is 4.18. The van der Waals surface area contributed by atoms with Gasteiger partial charge in [0.15, 0.2) is 11.5 Å². The third kappa shape index (κ3) is 2.73. The maximum absolute atomic E-state index is 12.3. The van der Waals surface area contributed by atoms with Gasteiger partial charge in [0, 0.05) is 12.1 Å². The molecule has 5 nitrogen and oxygen atoms in total. The smallest absolute Gasteiger partial charge is 0.347 e. The molecule has 0 aliphatic rings. The number of nitrogens with zero attached hydrogens (tertiary/aromatic N) is 1. The first-order valence-corrected chi connectivity index (χ1v) is 7.32. The Balaban J connectivity index is 2.32. The van der Waals surface area contributed by atoms with Crippen LogP contribution in [0.25, 0.3) is 22.4 Å². The fourth-order valence-corrected chi connectivity index (χ4v) is 2.77. The molecular weight excluding hydrogens is 341 g/mol. The summed E-state index contributed by atoms with van der Waals surface area (Å²) in [5, 5.41) is 0.954. The number of methoxy groups -OCH3 is 2. The minimum absolute atomic E-state index is 0.0466.